The zero-order chi connectivity index (χ0) is 27.8. The van der Waals surface area contributed by atoms with E-state index in [0.717, 1.165) is 47.9 Å². The first-order valence-corrected chi connectivity index (χ1v) is 14.0. The molecule has 3 nitrogen and oxygen atoms in total. The monoisotopic (exact) mass is 638 g/mol. The third kappa shape index (κ3) is 7.41. The number of aromatic hydroxyl groups is 1. The highest BCUT2D eigenvalue weighted by atomic mass is 79.9. The van der Waals surface area contributed by atoms with Crippen molar-refractivity contribution in [2.45, 2.75) is 13.8 Å². The van der Waals surface area contributed by atoms with Crippen LogP contribution in [0.1, 0.15) is 38.9 Å². The molecule has 0 spiro atoms. The van der Waals surface area contributed by atoms with Crippen LogP contribution in [0.4, 0.5) is 11.4 Å². The van der Waals surface area contributed by atoms with Crippen molar-refractivity contribution in [3.63, 3.8) is 0 Å². The highest BCUT2D eigenvalue weighted by Gasteiger charge is 2.11. The maximum Gasteiger partial charge on any atom is 0.146 e. The molecule has 4 aromatic carbocycles. The number of hydrogen-bond acceptors (Lipinski definition) is 3. The van der Waals surface area contributed by atoms with Crippen LogP contribution in [0.5, 0.6) is 5.75 Å². The number of benzene rings is 4. The molecule has 0 aliphatic heterocycles. The highest BCUT2D eigenvalue weighted by molar-refractivity contribution is 9.15. The van der Waals surface area contributed by atoms with E-state index < -0.39 is 0 Å². The van der Waals surface area contributed by atoms with Gasteiger partial charge in [0.05, 0.1) is 5.69 Å². The molecule has 0 unspecified atom stereocenters. The molecule has 0 radical (unpaired) electrons. The van der Waals surface area contributed by atoms with Crippen molar-refractivity contribution in [3.8, 4) is 5.75 Å². The van der Waals surface area contributed by atoms with E-state index in [2.05, 4.69) is 97.2 Å². The second-order valence-electron chi connectivity index (χ2n) is 8.96. The number of halogens is 2. The molecule has 0 atom stereocenters. The van der Waals surface area contributed by atoms with E-state index in [1.807, 2.05) is 74.5 Å². The minimum atomic E-state index is 0.142. The van der Waals surface area contributed by atoms with Crippen LogP contribution in [-0.2, 0) is 0 Å². The van der Waals surface area contributed by atoms with E-state index in [-0.39, 0.29) is 5.75 Å². The summed E-state index contributed by atoms with van der Waals surface area (Å²) in [5, 5.41) is 19.3. The Balaban J connectivity index is 1.48. The van der Waals surface area contributed by atoms with Crippen LogP contribution in [0.2, 0.25) is 0 Å². The van der Waals surface area contributed by atoms with Gasteiger partial charge in [-0.1, -0.05) is 123 Å². The molecule has 0 amide bonds. The maximum absolute atomic E-state index is 10.6. The van der Waals surface area contributed by atoms with Crippen LogP contribution in [0.15, 0.2) is 114 Å². The van der Waals surface area contributed by atoms with E-state index in [1.165, 1.54) is 0 Å². The van der Waals surface area contributed by atoms with Crippen molar-refractivity contribution in [2.24, 2.45) is 10.2 Å². The standard InChI is InChI=1S/C34H28Br2N2O/c1-4-5-9-29-20-23(2)34(39)33(24(29)3)38-37-30-18-16-28(17-19-30)32(36)22-26-14-12-25(13-15-26)21-31(35)27-10-7-6-8-11-27/h4-22,39H,1H2,2-3H3/b9-5-,31-21-,32-22+,38-37?. The van der Waals surface area contributed by atoms with Gasteiger partial charge in [-0.05, 0) is 83.1 Å². The molecule has 0 heterocycles. The number of rotatable bonds is 8. The lowest BCUT2D eigenvalue weighted by Gasteiger charge is -2.09. The molecular weight excluding hydrogens is 612 g/mol. The van der Waals surface area contributed by atoms with E-state index in [0.29, 0.717) is 11.4 Å². The summed E-state index contributed by atoms with van der Waals surface area (Å²) in [5.41, 5.74) is 8.11. The first-order chi connectivity index (χ1) is 18.9. The topological polar surface area (TPSA) is 45.0 Å². The quantitative estimate of drug-likeness (QED) is 0.116. The van der Waals surface area contributed by atoms with E-state index in [9.17, 15) is 5.11 Å². The smallest absolute Gasteiger partial charge is 0.146 e. The van der Waals surface area contributed by atoms with Gasteiger partial charge in [0.15, 0.2) is 0 Å². The second kappa shape index (κ2) is 13.3. The first-order valence-electron chi connectivity index (χ1n) is 12.4. The fourth-order valence-corrected chi connectivity index (χ4v) is 4.98. The van der Waals surface area contributed by atoms with E-state index in [4.69, 9.17) is 0 Å². The molecule has 194 valence electrons. The van der Waals surface area contributed by atoms with Crippen molar-refractivity contribution in [1.29, 1.82) is 0 Å². The van der Waals surface area contributed by atoms with Crippen LogP contribution in [0, 0.1) is 13.8 Å². The van der Waals surface area contributed by atoms with Crippen LogP contribution >= 0.6 is 31.9 Å². The second-order valence-corrected chi connectivity index (χ2v) is 10.7. The summed E-state index contributed by atoms with van der Waals surface area (Å²) in [6.07, 6.45) is 9.72. The zero-order valence-electron chi connectivity index (χ0n) is 21.8. The lowest BCUT2D eigenvalue weighted by molar-refractivity contribution is 0.471. The fraction of sp³-hybridized carbons (Fsp3) is 0.0588. The van der Waals surface area contributed by atoms with Gasteiger partial charge < -0.3 is 5.11 Å². The Bertz CT molecular complexity index is 1580. The Labute approximate surface area is 246 Å². The molecule has 1 N–H and O–H groups in total. The predicted octanol–water partition coefficient (Wildman–Crippen LogP) is 11.4. The molecule has 5 heteroatoms. The van der Waals surface area contributed by atoms with Crippen molar-refractivity contribution in [2.75, 3.05) is 0 Å². The minimum absolute atomic E-state index is 0.142. The van der Waals surface area contributed by atoms with Crippen LogP contribution < -0.4 is 0 Å². The van der Waals surface area contributed by atoms with Crippen molar-refractivity contribution < 1.29 is 5.11 Å². The maximum atomic E-state index is 10.6. The van der Waals surface area contributed by atoms with Gasteiger partial charge in [0.2, 0.25) is 0 Å². The summed E-state index contributed by atoms with van der Waals surface area (Å²) in [4.78, 5) is 0. The number of aryl methyl sites for hydroxylation is 1. The Morgan fingerprint density at radius 3 is 1.90 bits per heavy atom. The van der Waals surface area contributed by atoms with Gasteiger partial charge in [-0.3, -0.25) is 0 Å². The van der Waals surface area contributed by atoms with Gasteiger partial charge in [0, 0.05) is 8.96 Å². The largest absolute Gasteiger partial charge is 0.505 e. The third-order valence-corrected chi connectivity index (χ3v) is 7.52. The summed E-state index contributed by atoms with van der Waals surface area (Å²) in [7, 11) is 0. The van der Waals surface area contributed by atoms with Gasteiger partial charge in [0.25, 0.3) is 0 Å². The molecular formula is C34H28Br2N2O. The fourth-order valence-electron chi connectivity index (χ4n) is 3.92. The molecule has 4 rings (SSSR count). The number of phenols is 1. The summed E-state index contributed by atoms with van der Waals surface area (Å²) >= 11 is 7.38. The Morgan fingerprint density at radius 1 is 0.769 bits per heavy atom. The SMILES string of the molecule is C=C/C=C\c1cc(C)c(O)c(N=Nc2ccc(/C(Br)=C\c3ccc(/C=C(\Br)c4ccccc4)cc3)cc2)c1C. The van der Waals surface area contributed by atoms with Gasteiger partial charge in [-0.15, -0.1) is 5.11 Å². The number of nitrogens with zero attached hydrogens (tertiary/aromatic N) is 2. The predicted molar refractivity (Wildman–Crippen MR) is 174 cm³/mol. The number of allylic oxidation sites excluding steroid dienone is 2. The highest BCUT2D eigenvalue weighted by Crippen LogP contribution is 2.37. The molecule has 0 fully saturated rings. The molecule has 0 aliphatic carbocycles. The lowest BCUT2D eigenvalue weighted by Crippen LogP contribution is -1.86. The molecule has 0 bridgehead atoms. The Kier molecular flexibility index (Phi) is 9.64. The van der Waals surface area contributed by atoms with Gasteiger partial charge in [0.1, 0.15) is 11.4 Å². The third-order valence-electron chi connectivity index (χ3n) is 6.15. The van der Waals surface area contributed by atoms with Crippen molar-refractivity contribution >= 4 is 70.4 Å². The van der Waals surface area contributed by atoms with E-state index in [1.54, 1.807) is 6.08 Å². The molecule has 39 heavy (non-hydrogen) atoms. The number of hydrogen-bond donors (Lipinski definition) is 1. The average Bonchev–Trinajstić information content (AvgIpc) is 2.96. The molecule has 0 aromatic heterocycles. The van der Waals surface area contributed by atoms with Gasteiger partial charge >= 0.3 is 0 Å². The molecule has 0 saturated heterocycles. The number of phenolic OH excluding ortho intramolecular Hbond substituents is 1. The Morgan fingerprint density at radius 2 is 1.33 bits per heavy atom. The Hall–Kier alpha value is -3.80. The van der Waals surface area contributed by atoms with Crippen LogP contribution in [-0.4, -0.2) is 5.11 Å². The zero-order valence-corrected chi connectivity index (χ0v) is 24.9. The van der Waals surface area contributed by atoms with Crippen LogP contribution in [0.25, 0.3) is 27.2 Å². The first kappa shape index (κ1) is 28.2. The molecule has 0 saturated carbocycles. The van der Waals surface area contributed by atoms with Crippen LogP contribution in [0.3, 0.4) is 0 Å². The molecule has 4 aromatic rings. The van der Waals surface area contributed by atoms with Gasteiger partial charge in [-0.2, -0.15) is 5.11 Å². The van der Waals surface area contributed by atoms with E-state index >= 15 is 0 Å². The number of azo groups is 1. The summed E-state index contributed by atoms with van der Waals surface area (Å²) in [6, 6.07) is 28.3. The summed E-state index contributed by atoms with van der Waals surface area (Å²) in [6.45, 7) is 7.50. The van der Waals surface area contributed by atoms with Gasteiger partial charge in [-0.25, -0.2) is 0 Å². The minimum Gasteiger partial charge on any atom is -0.505 e. The summed E-state index contributed by atoms with van der Waals surface area (Å²) in [5.74, 6) is 0.142. The normalized spacial score (nSPS) is 12.4. The summed E-state index contributed by atoms with van der Waals surface area (Å²) < 4.78 is 2.01. The van der Waals surface area contributed by atoms with Crippen molar-refractivity contribution in [3.05, 3.63) is 143 Å². The van der Waals surface area contributed by atoms with Crippen molar-refractivity contribution in [1.82, 2.24) is 0 Å². The lowest BCUT2D eigenvalue weighted by atomic mass is 10.0. The average molecular weight is 640 g/mol. The molecule has 0 aliphatic rings.